The molecule has 0 unspecified atom stereocenters. The van der Waals surface area contributed by atoms with Crippen molar-refractivity contribution in [1.82, 2.24) is 0 Å². The fraction of sp³-hybridized carbons (Fsp3) is 0.0385. The molecule has 0 atom stereocenters. The first kappa shape index (κ1) is 16.5. The smallest absolute Gasteiger partial charge is 0.213 e. The predicted octanol–water partition coefficient (Wildman–Crippen LogP) is 5.91. The minimum Gasteiger partial charge on any atom is -0.456 e. The van der Waals surface area contributed by atoms with E-state index >= 15 is 0 Å². The van der Waals surface area contributed by atoms with Gasteiger partial charge in [0.25, 0.3) is 0 Å². The molecule has 2 aliphatic rings. The third kappa shape index (κ3) is 2.89. The average molecular weight is 362 g/mol. The Bertz CT molecular complexity index is 1110. The van der Waals surface area contributed by atoms with Crippen LogP contribution in [0.4, 0.5) is 5.69 Å². The molecule has 3 aromatic rings. The van der Waals surface area contributed by atoms with E-state index in [1.165, 1.54) is 16.8 Å². The van der Waals surface area contributed by atoms with Crippen molar-refractivity contribution < 1.29 is 9.31 Å². The molecule has 2 heterocycles. The summed E-state index contributed by atoms with van der Waals surface area (Å²) in [4.78, 5) is 0. The van der Waals surface area contributed by atoms with Gasteiger partial charge in [-0.2, -0.15) is 0 Å². The first-order valence-corrected chi connectivity index (χ1v) is 9.43. The third-order valence-electron chi connectivity index (χ3n) is 5.12. The molecule has 5 rings (SSSR count). The number of hydrogen-bond acceptors (Lipinski definition) is 1. The van der Waals surface area contributed by atoms with E-state index in [1.54, 1.807) is 0 Å². The van der Waals surface area contributed by atoms with Gasteiger partial charge in [-0.1, -0.05) is 72.8 Å². The van der Waals surface area contributed by atoms with Crippen LogP contribution in [-0.4, -0.2) is 17.8 Å². The molecule has 0 bridgehead atoms. The van der Waals surface area contributed by atoms with Crippen molar-refractivity contribution in [3.63, 3.8) is 0 Å². The van der Waals surface area contributed by atoms with Gasteiger partial charge in [-0.05, 0) is 23.8 Å². The molecule has 0 aromatic heterocycles. The summed E-state index contributed by atoms with van der Waals surface area (Å²) in [5.74, 6) is 1.73. The number of ether oxygens (including phenoxy) is 1. The Balaban J connectivity index is 1.71. The van der Waals surface area contributed by atoms with E-state index in [0.29, 0.717) is 0 Å². The quantitative estimate of drug-likeness (QED) is 0.516. The average Bonchev–Trinajstić information content (AvgIpc) is 3.12. The largest absolute Gasteiger partial charge is 0.456 e. The van der Waals surface area contributed by atoms with Crippen LogP contribution in [0.5, 0.6) is 0 Å². The van der Waals surface area contributed by atoms with Gasteiger partial charge in [0, 0.05) is 17.2 Å². The Kier molecular flexibility index (Phi) is 4.02. The molecule has 0 aliphatic carbocycles. The summed E-state index contributed by atoms with van der Waals surface area (Å²) in [6, 6.07) is 29.0. The van der Waals surface area contributed by atoms with Crippen LogP contribution in [0.2, 0.25) is 0 Å². The molecule has 0 saturated heterocycles. The monoisotopic (exact) mass is 362 g/mol. The maximum absolute atomic E-state index is 6.32. The summed E-state index contributed by atoms with van der Waals surface area (Å²) in [7, 11) is 2.09. The highest BCUT2D eigenvalue weighted by atomic mass is 16.5. The van der Waals surface area contributed by atoms with Gasteiger partial charge in [-0.3, -0.25) is 0 Å². The van der Waals surface area contributed by atoms with Crippen LogP contribution in [0.1, 0.15) is 16.7 Å². The topological polar surface area (TPSA) is 12.2 Å². The highest BCUT2D eigenvalue weighted by molar-refractivity contribution is 6.15. The van der Waals surface area contributed by atoms with E-state index in [-0.39, 0.29) is 0 Å². The lowest BCUT2D eigenvalue weighted by Gasteiger charge is -2.19. The van der Waals surface area contributed by atoms with Crippen molar-refractivity contribution in [2.75, 3.05) is 7.05 Å². The standard InChI is InChI=1S/C26H20NO/c1-27-18-23(22-14-8-9-15-24(22)27)21-16-25(19-10-4-2-5-11-19)28-26(17-21)20-12-6-3-7-13-20/h2-18H,1H3/q+1. The maximum Gasteiger partial charge on any atom is 0.213 e. The minimum atomic E-state index is 0.866. The summed E-state index contributed by atoms with van der Waals surface area (Å²) in [6.45, 7) is 0. The second-order valence-electron chi connectivity index (χ2n) is 6.98. The lowest BCUT2D eigenvalue weighted by atomic mass is 9.97. The summed E-state index contributed by atoms with van der Waals surface area (Å²) < 4.78 is 8.50. The molecule has 134 valence electrons. The van der Waals surface area contributed by atoms with Crippen molar-refractivity contribution in [2.24, 2.45) is 0 Å². The normalized spacial score (nSPS) is 15.4. The van der Waals surface area contributed by atoms with Crippen LogP contribution in [-0.2, 0) is 4.74 Å². The number of allylic oxidation sites excluding steroid dienone is 4. The molecule has 0 saturated carbocycles. The summed E-state index contributed by atoms with van der Waals surface area (Å²) in [5.41, 5.74) is 6.97. The van der Waals surface area contributed by atoms with Gasteiger partial charge in [0.1, 0.15) is 18.6 Å². The van der Waals surface area contributed by atoms with Gasteiger partial charge in [0.05, 0.1) is 11.1 Å². The maximum atomic E-state index is 6.32. The fourth-order valence-electron chi connectivity index (χ4n) is 3.72. The zero-order chi connectivity index (χ0) is 18.9. The van der Waals surface area contributed by atoms with E-state index in [1.807, 2.05) is 36.4 Å². The van der Waals surface area contributed by atoms with Crippen LogP contribution >= 0.6 is 0 Å². The zero-order valence-electron chi connectivity index (χ0n) is 15.7. The number of benzene rings is 3. The molecule has 0 amide bonds. The Morgan fingerprint density at radius 3 is 1.79 bits per heavy atom. The molecule has 3 aromatic carbocycles. The van der Waals surface area contributed by atoms with E-state index in [9.17, 15) is 0 Å². The van der Waals surface area contributed by atoms with E-state index in [4.69, 9.17) is 4.74 Å². The lowest BCUT2D eigenvalue weighted by Crippen LogP contribution is -2.01. The molecule has 2 nitrogen and oxygen atoms in total. The second kappa shape index (κ2) is 6.82. The van der Waals surface area contributed by atoms with Crippen molar-refractivity contribution in [2.45, 2.75) is 0 Å². The molecule has 2 heteroatoms. The Morgan fingerprint density at radius 2 is 1.18 bits per heavy atom. The molecule has 0 fully saturated rings. The summed E-state index contributed by atoms with van der Waals surface area (Å²) >= 11 is 0. The van der Waals surface area contributed by atoms with Crippen LogP contribution in [0.25, 0.3) is 17.1 Å². The molecular weight excluding hydrogens is 342 g/mol. The number of nitrogens with zero attached hydrogens (tertiary/aromatic N) is 1. The second-order valence-corrected chi connectivity index (χ2v) is 6.98. The molecule has 28 heavy (non-hydrogen) atoms. The van der Waals surface area contributed by atoms with E-state index in [0.717, 1.165) is 28.2 Å². The van der Waals surface area contributed by atoms with Crippen molar-refractivity contribution in [3.8, 4) is 0 Å². The van der Waals surface area contributed by atoms with Crippen molar-refractivity contribution in [1.29, 1.82) is 0 Å². The van der Waals surface area contributed by atoms with Gasteiger partial charge in [0.2, 0.25) is 5.69 Å². The first-order chi connectivity index (χ1) is 13.8. The van der Waals surface area contributed by atoms with Gasteiger partial charge < -0.3 is 4.74 Å². The molecule has 0 N–H and O–H groups in total. The summed E-state index contributed by atoms with van der Waals surface area (Å²) in [5, 5.41) is 0. The Hall–Kier alpha value is -3.65. The summed E-state index contributed by atoms with van der Waals surface area (Å²) in [6.07, 6.45) is 6.48. The van der Waals surface area contributed by atoms with Crippen molar-refractivity contribution >= 4 is 29.0 Å². The Morgan fingerprint density at radius 1 is 0.643 bits per heavy atom. The molecule has 0 spiro atoms. The van der Waals surface area contributed by atoms with Crippen LogP contribution < -0.4 is 0 Å². The third-order valence-corrected chi connectivity index (χ3v) is 5.12. The van der Waals surface area contributed by atoms with E-state index in [2.05, 4.69) is 78.5 Å². The number of hydrogen-bond donors (Lipinski definition) is 0. The fourth-order valence-corrected chi connectivity index (χ4v) is 3.72. The van der Waals surface area contributed by atoms with Gasteiger partial charge in [0.15, 0.2) is 6.21 Å². The highest BCUT2D eigenvalue weighted by Gasteiger charge is 2.26. The zero-order valence-corrected chi connectivity index (χ0v) is 15.7. The van der Waals surface area contributed by atoms with Crippen LogP contribution in [0, 0.1) is 0 Å². The van der Waals surface area contributed by atoms with Crippen LogP contribution in [0.15, 0.2) is 103 Å². The number of rotatable bonds is 2. The predicted molar refractivity (Wildman–Crippen MR) is 115 cm³/mol. The van der Waals surface area contributed by atoms with Gasteiger partial charge >= 0.3 is 0 Å². The number of para-hydroxylation sites is 1. The highest BCUT2D eigenvalue weighted by Crippen LogP contribution is 2.38. The van der Waals surface area contributed by atoms with Gasteiger partial charge in [-0.15, -0.1) is 0 Å². The van der Waals surface area contributed by atoms with Gasteiger partial charge in [-0.25, -0.2) is 4.58 Å². The molecule has 2 aliphatic heterocycles. The molecular formula is C26H20NO+. The lowest BCUT2D eigenvalue weighted by molar-refractivity contribution is -0.395. The van der Waals surface area contributed by atoms with E-state index < -0.39 is 0 Å². The van der Waals surface area contributed by atoms with Crippen LogP contribution in [0.3, 0.4) is 0 Å². The SMILES string of the molecule is C[N+]1=CC(=C2C=C(c3ccccc3)OC(c3ccccc3)=C2)c2ccccc21. The minimum absolute atomic E-state index is 0.866. The molecule has 0 radical (unpaired) electrons. The Labute approximate surface area is 165 Å². The first-order valence-electron chi connectivity index (χ1n) is 9.43. The number of fused-ring (bicyclic) bond motifs is 1. The van der Waals surface area contributed by atoms with Crippen molar-refractivity contribution in [3.05, 3.63) is 119 Å².